The maximum Gasteiger partial charge on any atom is 0.401 e. The average Bonchev–Trinajstić information content (AvgIpc) is 3.06. The number of alkyl halides is 3. The highest BCUT2D eigenvalue weighted by molar-refractivity contribution is 6.00. The van der Waals surface area contributed by atoms with Crippen molar-refractivity contribution in [2.24, 2.45) is 5.92 Å². The van der Waals surface area contributed by atoms with Crippen LogP contribution in [0.25, 0.3) is 16.5 Å². The van der Waals surface area contributed by atoms with Crippen LogP contribution in [0.4, 0.5) is 13.2 Å². The first-order valence-corrected chi connectivity index (χ1v) is 10.1. The quantitative estimate of drug-likeness (QED) is 0.827. The van der Waals surface area contributed by atoms with Crippen molar-refractivity contribution in [1.29, 1.82) is 0 Å². The van der Waals surface area contributed by atoms with E-state index in [0.29, 0.717) is 19.5 Å². The molecule has 156 valence electrons. The third-order valence-corrected chi connectivity index (χ3v) is 6.44. The van der Waals surface area contributed by atoms with Gasteiger partial charge >= 0.3 is 6.18 Å². The SMILES string of the molecule is CCN(CC)C(=O)[C@@H]1C=C2c3cccc4[nH]cc(c34)C[C@@]2(C)N(CC(F)(F)F)C1. The zero-order chi connectivity index (χ0) is 21.0. The van der Waals surface area contributed by atoms with E-state index in [1.807, 2.05) is 51.2 Å². The van der Waals surface area contributed by atoms with Crippen molar-refractivity contribution in [2.75, 3.05) is 26.2 Å². The maximum absolute atomic E-state index is 13.5. The predicted octanol–water partition coefficient (Wildman–Crippen LogP) is 4.23. The molecule has 2 atom stereocenters. The molecule has 0 saturated heterocycles. The van der Waals surface area contributed by atoms with Gasteiger partial charge < -0.3 is 9.88 Å². The Kier molecular flexibility index (Phi) is 4.76. The molecule has 0 bridgehead atoms. The van der Waals surface area contributed by atoms with Crippen LogP contribution in [0.3, 0.4) is 0 Å². The van der Waals surface area contributed by atoms with Gasteiger partial charge in [0.2, 0.25) is 5.91 Å². The van der Waals surface area contributed by atoms with Gasteiger partial charge in [-0.05, 0) is 50.0 Å². The van der Waals surface area contributed by atoms with Gasteiger partial charge in [0.1, 0.15) is 0 Å². The standard InChI is InChI=1S/C22H26F3N3O/c1-4-27(5-2)20(29)14-9-17-16-7-6-8-18-19(16)15(11-26-18)10-21(17,3)28(12-14)13-22(23,24)25/h6-9,11,14,26H,4-5,10,12-13H2,1-3H3/t14-,21-/m1/s1. The van der Waals surface area contributed by atoms with Crippen LogP contribution in [0.1, 0.15) is 31.9 Å². The predicted molar refractivity (Wildman–Crippen MR) is 107 cm³/mol. The van der Waals surface area contributed by atoms with Gasteiger partial charge in [0.05, 0.1) is 12.5 Å². The Morgan fingerprint density at radius 1 is 1.31 bits per heavy atom. The summed E-state index contributed by atoms with van der Waals surface area (Å²) in [5.74, 6) is -0.695. The molecule has 7 heteroatoms. The normalized spacial score (nSPS) is 24.3. The summed E-state index contributed by atoms with van der Waals surface area (Å²) >= 11 is 0. The number of rotatable bonds is 4. The third kappa shape index (κ3) is 3.25. The largest absolute Gasteiger partial charge is 0.401 e. The number of hydrogen-bond donors (Lipinski definition) is 1. The minimum atomic E-state index is -4.33. The van der Waals surface area contributed by atoms with E-state index < -0.39 is 24.2 Å². The lowest BCUT2D eigenvalue weighted by Gasteiger charge is -2.50. The van der Waals surface area contributed by atoms with E-state index >= 15 is 0 Å². The van der Waals surface area contributed by atoms with Gasteiger partial charge in [-0.25, -0.2) is 0 Å². The Bertz CT molecular complexity index is 973. The third-order valence-electron chi connectivity index (χ3n) is 6.44. The molecule has 1 aromatic carbocycles. The fourth-order valence-corrected chi connectivity index (χ4v) is 4.99. The summed E-state index contributed by atoms with van der Waals surface area (Å²) in [6.07, 6.45) is -0.0237. The molecule has 1 aliphatic heterocycles. The molecule has 1 N–H and O–H groups in total. The molecular formula is C22H26F3N3O. The van der Waals surface area contributed by atoms with Crippen molar-refractivity contribution < 1.29 is 18.0 Å². The number of carbonyl (C=O) groups is 1. The number of nitrogens with one attached hydrogen (secondary N) is 1. The molecule has 0 radical (unpaired) electrons. The van der Waals surface area contributed by atoms with Gasteiger partial charge in [-0.2, -0.15) is 13.2 Å². The number of hydrogen-bond acceptors (Lipinski definition) is 2. The second-order valence-corrected chi connectivity index (χ2v) is 8.19. The summed E-state index contributed by atoms with van der Waals surface area (Å²) in [7, 11) is 0. The van der Waals surface area contributed by atoms with Crippen LogP contribution in [-0.2, 0) is 11.2 Å². The molecule has 29 heavy (non-hydrogen) atoms. The molecule has 0 spiro atoms. The van der Waals surface area contributed by atoms with E-state index in [1.165, 1.54) is 4.90 Å². The van der Waals surface area contributed by atoms with Crippen molar-refractivity contribution in [3.8, 4) is 0 Å². The second kappa shape index (κ2) is 6.90. The Morgan fingerprint density at radius 3 is 2.69 bits per heavy atom. The van der Waals surface area contributed by atoms with Gasteiger partial charge in [0.15, 0.2) is 0 Å². The van der Waals surface area contributed by atoms with Gasteiger partial charge in [-0.3, -0.25) is 9.69 Å². The van der Waals surface area contributed by atoms with Crippen molar-refractivity contribution in [2.45, 2.75) is 38.9 Å². The number of benzene rings is 1. The van der Waals surface area contributed by atoms with Crippen LogP contribution in [0.5, 0.6) is 0 Å². The van der Waals surface area contributed by atoms with Crippen molar-refractivity contribution >= 4 is 22.4 Å². The van der Waals surface area contributed by atoms with E-state index in [-0.39, 0.29) is 12.5 Å². The number of aromatic amines is 1. The number of H-pyrrole nitrogens is 1. The molecule has 1 aliphatic carbocycles. The molecule has 2 aromatic rings. The first kappa shape index (κ1) is 20.0. The molecule has 0 saturated carbocycles. The Morgan fingerprint density at radius 2 is 2.03 bits per heavy atom. The molecular weight excluding hydrogens is 379 g/mol. The summed E-state index contributed by atoms with van der Waals surface area (Å²) in [4.78, 5) is 19.5. The minimum Gasteiger partial charge on any atom is -0.361 e. The smallest absolute Gasteiger partial charge is 0.361 e. The van der Waals surface area contributed by atoms with E-state index in [9.17, 15) is 18.0 Å². The van der Waals surface area contributed by atoms with E-state index in [2.05, 4.69) is 4.98 Å². The van der Waals surface area contributed by atoms with Crippen molar-refractivity contribution in [3.05, 3.63) is 41.6 Å². The molecule has 1 aromatic heterocycles. The summed E-state index contributed by atoms with van der Waals surface area (Å²) in [5, 5.41) is 1.05. The van der Waals surface area contributed by atoms with Crippen LogP contribution in [0, 0.1) is 5.92 Å². The number of carbonyl (C=O) groups excluding carboxylic acids is 1. The summed E-state index contributed by atoms with van der Waals surface area (Å²) in [6, 6.07) is 5.84. The van der Waals surface area contributed by atoms with Gasteiger partial charge in [-0.15, -0.1) is 0 Å². The van der Waals surface area contributed by atoms with Crippen LogP contribution in [0.15, 0.2) is 30.5 Å². The Hall–Kier alpha value is -2.28. The van der Waals surface area contributed by atoms with E-state index in [4.69, 9.17) is 0 Å². The number of amides is 1. The van der Waals surface area contributed by atoms with E-state index in [0.717, 1.165) is 27.6 Å². The molecule has 2 aliphatic rings. The highest BCUT2D eigenvalue weighted by atomic mass is 19.4. The van der Waals surface area contributed by atoms with E-state index in [1.54, 1.807) is 4.90 Å². The summed E-state index contributed by atoms with van der Waals surface area (Å²) in [6.45, 7) is 5.79. The fourth-order valence-electron chi connectivity index (χ4n) is 4.99. The molecule has 1 amide bonds. The van der Waals surface area contributed by atoms with Crippen LogP contribution in [0.2, 0.25) is 0 Å². The van der Waals surface area contributed by atoms with Crippen LogP contribution < -0.4 is 0 Å². The van der Waals surface area contributed by atoms with Crippen molar-refractivity contribution in [3.63, 3.8) is 0 Å². The topological polar surface area (TPSA) is 39.3 Å². The number of nitrogens with zero attached hydrogens (tertiary/aromatic N) is 2. The Labute approximate surface area is 168 Å². The lowest BCUT2D eigenvalue weighted by molar-refractivity contribution is -0.159. The first-order chi connectivity index (χ1) is 13.7. The van der Waals surface area contributed by atoms with Gasteiger partial charge in [0, 0.05) is 42.3 Å². The number of halogens is 3. The fraction of sp³-hybridized carbons (Fsp3) is 0.500. The second-order valence-electron chi connectivity index (χ2n) is 8.19. The Balaban J connectivity index is 1.86. The highest BCUT2D eigenvalue weighted by Crippen LogP contribution is 2.48. The minimum absolute atomic E-state index is 0.0740. The maximum atomic E-state index is 13.5. The number of fused-ring (bicyclic) bond motifs is 2. The average molecular weight is 405 g/mol. The summed E-state index contributed by atoms with van der Waals surface area (Å²) < 4.78 is 40.5. The molecule has 0 unspecified atom stereocenters. The zero-order valence-electron chi connectivity index (χ0n) is 16.9. The lowest BCUT2D eigenvalue weighted by Crippen LogP contribution is -2.58. The molecule has 4 rings (SSSR count). The molecule has 2 heterocycles. The first-order valence-electron chi connectivity index (χ1n) is 10.1. The van der Waals surface area contributed by atoms with Crippen LogP contribution >= 0.6 is 0 Å². The van der Waals surface area contributed by atoms with Crippen LogP contribution in [-0.4, -0.2) is 58.6 Å². The monoisotopic (exact) mass is 405 g/mol. The van der Waals surface area contributed by atoms with Gasteiger partial charge in [0.25, 0.3) is 0 Å². The van der Waals surface area contributed by atoms with Gasteiger partial charge in [-0.1, -0.05) is 18.2 Å². The van der Waals surface area contributed by atoms with Crippen molar-refractivity contribution in [1.82, 2.24) is 14.8 Å². The highest BCUT2D eigenvalue weighted by Gasteiger charge is 2.49. The molecule has 4 nitrogen and oxygen atoms in total. The zero-order valence-corrected chi connectivity index (χ0v) is 16.9. The lowest BCUT2D eigenvalue weighted by atomic mass is 9.71. The molecule has 0 fully saturated rings. The summed E-state index contributed by atoms with van der Waals surface area (Å²) in [5.41, 5.74) is 2.95. The number of aromatic nitrogens is 1.